The van der Waals surface area contributed by atoms with E-state index in [0.29, 0.717) is 15.9 Å². The van der Waals surface area contributed by atoms with Crippen LogP contribution in [0.5, 0.6) is 0 Å². The van der Waals surface area contributed by atoms with Gasteiger partial charge in [-0.25, -0.2) is 4.98 Å². The minimum atomic E-state index is -0.165. The van der Waals surface area contributed by atoms with Crippen molar-refractivity contribution in [2.75, 3.05) is 11.1 Å². The Labute approximate surface area is 169 Å². The standard InChI is InChI=1S/C19H18ClN3O2S2/c1-23-18(25)16-13-7-2-3-8-14(13)27-17(16)22-19(23)26-10-15(24)21-12-6-4-5-11(20)9-12/h4-6,9H,2-3,7-8,10H2,1H3,(H,21,24). The SMILES string of the molecule is Cn1c(SCC(=O)Nc2cccc(Cl)c2)nc2sc3c(c2c1=O)CCCC3. The molecule has 0 saturated carbocycles. The van der Waals surface area contributed by atoms with Gasteiger partial charge in [-0.15, -0.1) is 11.3 Å². The van der Waals surface area contributed by atoms with E-state index in [4.69, 9.17) is 11.6 Å². The molecule has 27 heavy (non-hydrogen) atoms. The predicted octanol–water partition coefficient (Wildman–Crippen LogP) is 4.26. The minimum absolute atomic E-state index is 0.0165. The molecule has 4 rings (SSSR count). The third kappa shape index (κ3) is 3.77. The quantitative estimate of drug-likeness (QED) is 0.507. The topological polar surface area (TPSA) is 64.0 Å². The molecule has 0 fully saturated rings. The molecule has 140 valence electrons. The van der Waals surface area contributed by atoms with E-state index in [1.165, 1.54) is 28.6 Å². The molecule has 1 aromatic carbocycles. The Kier molecular flexibility index (Phi) is 5.25. The molecule has 5 nitrogen and oxygen atoms in total. The Bertz CT molecular complexity index is 1090. The molecular formula is C19H18ClN3O2S2. The Balaban J connectivity index is 1.54. The first-order valence-corrected chi connectivity index (χ1v) is 10.9. The van der Waals surface area contributed by atoms with Crippen LogP contribution in [0, 0.1) is 0 Å². The van der Waals surface area contributed by atoms with Gasteiger partial charge in [-0.1, -0.05) is 29.4 Å². The van der Waals surface area contributed by atoms with Crippen molar-refractivity contribution in [3.8, 4) is 0 Å². The third-order valence-electron chi connectivity index (χ3n) is 4.60. The van der Waals surface area contributed by atoms with Crippen molar-refractivity contribution < 1.29 is 4.79 Å². The number of aromatic nitrogens is 2. The lowest BCUT2D eigenvalue weighted by Gasteiger charge is -2.11. The lowest BCUT2D eigenvalue weighted by Crippen LogP contribution is -2.22. The summed E-state index contributed by atoms with van der Waals surface area (Å²) in [5, 5.41) is 4.70. The zero-order valence-corrected chi connectivity index (χ0v) is 17.1. The number of halogens is 1. The second kappa shape index (κ2) is 7.66. The number of anilines is 1. The monoisotopic (exact) mass is 419 g/mol. The summed E-state index contributed by atoms with van der Waals surface area (Å²) in [4.78, 5) is 31.8. The number of nitrogens with zero attached hydrogens (tertiary/aromatic N) is 2. The molecule has 0 bridgehead atoms. The summed E-state index contributed by atoms with van der Waals surface area (Å²) in [6.45, 7) is 0. The number of aryl methyl sites for hydroxylation is 2. The number of thiophene rings is 1. The highest BCUT2D eigenvalue weighted by Gasteiger charge is 2.21. The highest BCUT2D eigenvalue weighted by Crippen LogP contribution is 2.34. The fourth-order valence-electron chi connectivity index (χ4n) is 3.29. The molecule has 1 aliphatic carbocycles. The van der Waals surface area contributed by atoms with Crippen molar-refractivity contribution >= 4 is 56.5 Å². The number of nitrogens with one attached hydrogen (secondary N) is 1. The van der Waals surface area contributed by atoms with Gasteiger partial charge in [0.1, 0.15) is 4.83 Å². The number of hydrogen-bond acceptors (Lipinski definition) is 5. The maximum atomic E-state index is 12.9. The lowest BCUT2D eigenvalue weighted by atomic mass is 9.97. The largest absolute Gasteiger partial charge is 0.325 e. The maximum Gasteiger partial charge on any atom is 0.262 e. The van der Waals surface area contributed by atoms with Gasteiger partial charge >= 0.3 is 0 Å². The van der Waals surface area contributed by atoms with Crippen molar-refractivity contribution in [2.45, 2.75) is 30.8 Å². The van der Waals surface area contributed by atoms with E-state index in [1.807, 2.05) is 0 Å². The summed E-state index contributed by atoms with van der Waals surface area (Å²) in [5.74, 6) is 0.00529. The molecule has 2 heterocycles. The highest BCUT2D eigenvalue weighted by molar-refractivity contribution is 7.99. The first-order valence-electron chi connectivity index (χ1n) is 8.72. The zero-order valence-electron chi connectivity index (χ0n) is 14.8. The minimum Gasteiger partial charge on any atom is -0.325 e. The number of thioether (sulfide) groups is 1. The molecule has 0 atom stereocenters. The van der Waals surface area contributed by atoms with Crippen LogP contribution in [0.4, 0.5) is 5.69 Å². The second-order valence-electron chi connectivity index (χ2n) is 6.50. The van der Waals surface area contributed by atoms with E-state index in [9.17, 15) is 9.59 Å². The Hall–Kier alpha value is -1.83. The number of rotatable bonds is 4. The van der Waals surface area contributed by atoms with Crippen molar-refractivity contribution in [2.24, 2.45) is 7.05 Å². The molecule has 0 aliphatic heterocycles. The molecule has 2 aromatic heterocycles. The smallest absolute Gasteiger partial charge is 0.262 e. The van der Waals surface area contributed by atoms with Crippen LogP contribution in [-0.4, -0.2) is 21.2 Å². The average Bonchev–Trinajstić information content (AvgIpc) is 3.02. The van der Waals surface area contributed by atoms with Crippen molar-refractivity contribution in [1.29, 1.82) is 0 Å². The van der Waals surface area contributed by atoms with E-state index in [0.717, 1.165) is 29.5 Å². The molecule has 0 radical (unpaired) electrons. The van der Waals surface area contributed by atoms with Gasteiger partial charge in [0.25, 0.3) is 5.56 Å². The van der Waals surface area contributed by atoms with Gasteiger partial charge in [0.05, 0.1) is 11.1 Å². The van der Waals surface area contributed by atoms with E-state index < -0.39 is 0 Å². The Morgan fingerprint density at radius 3 is 3.00 bits per heavy atom. The number of amides is 1. The van der Waals surface area contributed by atoms with Gasteiger partial charge in [-0.05, 0) is 49.4 Å². The summed E-state index contributed by atoms with van der Waals surface area (Å²) < 4.78 is 1.56. The van der Waals surface area contributed by atoms with Crippen LogP contribution in [0.2, 0.25) is 5.02 Å². The van der Waals surface area contributed by atoms with Gasteiger partial charge in [0.2, 0.25) is 5.91 Å². The first-order chi connectivity index (χ1) is 13.0. The predicted molar refractivity (Wildman–Crippen MR) is 112 cm³/mol. The van der Waals surface area contributed by atoms with Crippen LogP contribution < -0.4 is 10.9 Å². The molecule has 1 aliphatic rings. The third-order valence-corrected chi connectivity index (χ3v) is 7.05. The molecule has 0 unspecified atom stereocenters. The normalized spacial score (nSPS) is 13.6. The molecule has 3 aromatic rings. The van der Waals surface area contributed by atoms with Gasteiger partial charge < -0.3 is 5.32 Å². The van der Waals surface area contributed by atoms with Crippen LogP contribution in [0.1, 0.15) is 23.3 Å². The van der Waals surface area contributed by atoms with Crippen molar-refractivity contribution in [3.05, 3.63) is 50.1 Å². The Morgan fingerprint density at radius 1 is 1.37 bits per heavy atom. The average molecular weight is 420 g/mol. The number of fused-ring (bicyclic) bond motifs is 3. The number of carbonyl (C=O) groups is 1. The fourth-order valence-corrected chi connectivity index (χ4v) is 5.55. The summed E-state index contributed by atoms with van der Waals surface area (Å²) >= 11 is 8.82. The summed E-state index contributed by atoms with van der Waals surface area (Å²) in [6.07, 6.45) is 4.29. The van der Waals surface area contributed by atoms with Crippen LogP contribution in [-0.2, 0) is 24.7 Å². The molecule has 1 amide bonds. The van der Waals surface area contributed by atoms with Crippen LogP contribution in [0.15, 0.2) is 34.2 Å². The number of carbonyl (C=O) groups excluding carboxylic acids is 1. The van der Waals surface area contributed by atoms with Gasteiger partial charge in [0.15, 0.2) is 5.16 Å². The van der Waals surface area contributed by atoms with Gasteiger partial charge in [0, 0.05) is 22.6 Å². The lowest BCUT2D eigenvalue weighted by molar-refractivity contribution is -0.113. The summed E-state index contributed by atoms with van der Waals surface area (Å²) in [7, 11) is 1.72. The summed E-state index contributed by atoms with van der Waals surface area (Å²) in [5.41, 5.74) is 1.82. The number of hydrogen-bond donors (Lipinski definition) is 1. The van der Waals surface area contributed by atoms with Crippen molar-refractivity contribution in [1.82, 2.24) is 9.55 Å². The van der Waals surface area contributed by atoms with E-state index in [-0.39, 0.29) is 17.2 Å². The van der Waals surface area contributed by atoms with E-state index in [2.05, 4.69) is 10.3 Å². The van der Waals surface area contributed by atoms with Crippen molar-refractivity contribution in [3.63, 3.8) is 0 Å². The van der Waals surface area contributed by atoms with Crippen LogP contribution in [0.25, 0.3) is 10.2 Å². The molecule has 0 saturated heterocycles. The highest BCUT2D eigenvalue weighted by atomic mass is 35.5. The van der Waals surface area contributed by atoms with Gasteiger partial charge in [-0.2, -0.15) is 0 Å². The first kappa shape index (κ1) is 18.5. The van der Waals surface area contributed by atoms with E-state index >= 15 is 0 Å². The Morgan fingerprint density at radius 2 is 2.19 bits per heavy atom. The fraction of sp³-hybridized carbons (Fsp3) is 0.316. The molecule has 0 spiro atoms. The molecular weight excluding hydrogens is 402 g/mol. The van der Waals surface area contributed by atoms with E-state index in [1.54, 1.807) is 47.2 Å². The molecule has 8 heteroatoms. The van der Waals surface area contributed by atoms with Crippen LogP contribution in [0.3, 0.4) is 0 Å². The van der Waals surface area contributed by atoms with Gasteiger partial charge in [-0.3, -0.25) is 14.2 Å². The second-order valence-corrected chi connectivity index (χ2v) is 8.96. The molecule has 1 N–H and O–H groups in total. The summed E-state index contributed by atoms with van der Waals surface area (Å²) in [6, 6.07) is 7.01. The van der Waals surface area contributed by atoms with Crippen LogP contribution >= 0.6 is 34.7 Å². The zero-order chi connectivity index (χ0) is 19.0. The maximum absolute atomic E-state index is 12.9. The number of benzene rings is 1.